The lowest BCUT2D eigenvalue weighted by atomic mass is 10.0. The molecule has 102 valence electrons. The van der Waals surface area contributed by atoms with Gasteiger partial charge in [-0.05, 0) is 18.6 Å². The van der Waals surface area contributed by atoms with Gasteiger partial charge >= 0.3 is 6.18 Å². The van der Waals surface area contributed by atoms with Gasteiger partial charge in [0.15, 0.2) is 5.78 Å². The number of hydrogen-bond acceptors (Lipinski definition) is 1. The molecule has 19 heavy (non-hydrogen) atoms. The number of nitrogens with zero attached hydrogens (tertiary/aromatic N) is 1. The van der Waals surface area contributed by atoms with Crippen LogP contribution in [0.1, 0.15) is 28.8 Å². The fourth-order valence-corrected chi connectivity index (χ4v) is 2.11. The van der Waals surface area contributed by atoms with Crippen LogP contribution in [0.25, 0.3) is 10.9 Å². The van der Waals surface area contributed by atoms with Gasteiger partial charge in [0, 0.05) is 36.1 Å². The molecule has 1 aromatic carbocycles. The minimum absolute atomic E-state index is 0.363. The summed E-state index contributed by atoms with van der Waals surface area (Å²) in [4.78, 5) is 11.9. The first-order valence-electron chi connectivity index (χ1n) is 5.93. The molecule has 0 bridgehead atoms. The molecule has 0 spiro atoms. The van der Waals surface area contributed by atoms with Gasteiger partial charge in [0.05, 0.1) is 6.42 Å². The summed E-state index contributed by atoms with van der Waals surface area (Å²) in [6.07, 6.45) is -4.27. The lowest BCUT2D eigenvalue weighted by Gasteiger charge is -2.04. The Morgan fingerprint density at radius 2 is 2.00 bits per heavy atom. The van der Waals surface area contributed by atoms with Crippen molar-refractivity contribution >= 4 is 16.7 Å². The molecule has 0 aliphatic rings. The molecular weight excluding hydrogens is 255 g/mol. The topological polar surface area (TPSA) is 22.0 Å². The van der Waals surface area contributed by atoms with Crippen molar-refractivity contribution < 1.29 is 18.0 Å². The average Bonchev–Trinajstić information content (AvgIpc) is 2.63. The number of alkyl halides is 3. The lowest BCUT2D eigenvalue weighted by Crippen LogP contribution is -2.10. The standard InChI is InChI=1S/C14H14F3NO/c1-9-3-4-10-11(8-18(2)12(10)7-9)13(19)5-6-14(15,16)17/h3-4,7-8H,5-6H2,1-2H3. The predicted octanol–water partition coefficient (Wildman–Crippen LogP) is 4.01. The summed E-state index contributed by atoms with van der Waals surface area (Å²) in [5.74, 6) is -0.466. The van der Waals surface area contributed by atoms with Gasteiger partial charge in [0.2, 0.25) is 0 Å². The van der Waals surface area contributed by atoms with E-state index in [0.717, 1.165) is 11.1 Å². The van der Waals surface area contributed by atoms with Crippen molar-refractivity contribution in [1.82, 2.24) is 4.57 Å². The Hall–Kier alpha value is -1.78. The van der Waals surface area contributed by atoms with Crippen LogP contribution in [0.3, 0.4) is 0 Å². The number of aryl methyl sites for hydroxylation is 2. The third kappa shape index (κ3) is 2.97. The zero-order chi connectivity index (χ0) is 14.2. The number of aromatic nitrogens is 1. The Kier molecular flexibility index (Phi) is 3.39. The van der Waals surface area contributed by atoms with Crippen molar-refractivity contribution in [1.29, 1.82) is 0 Å². The molecule has 0 saturated carbocycles. The molecule has 0 atom stereocenters. The largest absolute Gasteiger partial charge is 0.389 e. The molecule has 1 heterocycles. The number of ketones is 1. The van der Waals surface area contributed by atoms with Gasteiger partial charge < -0.3 is 4.57 Å². The van der Waals surface area contributed by atoms with E-state index in [1.165, 1.54) is 0 Å². The Bertz CT molecular complexity index is 625. The fraction of sp³-hybridized carbons (Fsp3) is 0.357. The molecule has 0 fully saturated rings. The highest BCUT2D eigenvalue weighted by Gasteiger charge is 2.28. The van der Waals surface area contributed by atoms with E-state index in [1.54, 1.807) is 23.9 Å². The summed E-state index contributed by atoms with van der Waals surface area (Å²) in [6, 6.07) is 5.55. The number of carbonyl (C=O) groups is 1. The first-order valence-corrected chi connectivity index (χ1v) is 5.93. The van der Waals surface area contributed by atoms with Crippen molar-refractivity contribution in [3.63, 3.8) is 0 Å². The van der Waals surface area contributed by atoms with Crippen molar-refractivity contribution in [2.45, 2.75) is 25.9 Å². The van der Waals surface area contributed by atoms with Gasteiger partial charge in [0.25, 0.3) is 0 Å². The van der Waals surface area contributed by atoms with Crippen LogP contribution < -0.4 is 0 Å². The Balaban J connectivity index is 2.33. The molecule has 0 N–H and O–H groups in total. The van der Waals surface area contributed by atoms with E-state index in [0.29, 0.717) is 10.9 Å². The molecule has 0 unspecified atom stereocenters. The third-order valence-electron chi connectivity index (χ3n) is 3.08. The number of carbonyl (C=O) groups excluding carboxylic acids is 1. The smallest absolute Gasteiger partial charge is 0.350 e. The van der Waals surface area contributed by atoms with Crippen LogP contribution >= 0.6 is 0 Å². The minimum atomic E-state index is -4.29. The van der Waals surface area contributed by atoms with Crippen molar-refractivity contribution in [3.8, 4) is 0 Å². The molecule has 0 radical (unpaired) electrons. The summed E-state index contributed by atoms with van der Waals surface area (Å²) in [6.45, 7) is 1.93. The lowest BCUT2D eigenvalue weighted by molar-refractivity contribution is -0.133. The van der Waals surface area contributed by atoms with Crippen molar-refractivity contribution in [3.05, 3.63) is 35.5 Å². The van der Waals surface area contributed by atoms with Gasteiger partial charge in [0.1, 0.15) is 0 Å². The Morgan fingerprint density at radius 3 is 2.63 bits per heavy atom. The third-order valence-corrected chi connectivity index (χ3v) is 3.08. The van der Waals surface area contributed by atoms with E-state index in [1.807, 2.05) is 19.1 Å². The predicted molar refractivity (Wildman–Crippen MR) is 67.3 cm³/mol. The fourth-order valence-electron chi connectivity index (χ4n) is 2.11. The number of fused-ring (bicyclic) bond motifs is 1. The molecule has 2 rings (SSSR count). The van der Waals surface area contributed by atoms with Gasteiger partial charge in [-0.25, -0.2) is 0 Å². The quantitative estimate of drug-likeness (QED) is 0.771. The summed E-state index contributed by atoms with van der Waals surface area (Å²) < 4.78 is 38.2. The summed E-state index contributed by atoms with van der Waals surface area (Å²) in [5.41, 5.74) is 2.26. The highest BCUT2D eigenvalue weighted by Crippen LogP contribution is 2.26. The molecule has 2 aromatic rings. The van der Waals surface area contributed by atoms with E-state index in [9.17, 15) is 18.0 Å². The average molecular weight is 269 g/mol. The zero-order valence-corrected chi connectivity index (χ0v) is 10.7. The highest BCUT2D eigenvalue weighted by atomic mass is 19.4. The van der Waals surface area contributed by atoms with Gasteiger partial charge in [-0.15, -0.1) is 0 Å². The second kappa shape index (κ2) is 4.72. The van der Waals surface area contributed by atoms with Crippen LogP contribution in [0.15, 0.2) is 24.4 Å². The first-order chi connectivity index (χ1) is 8.78. The molecular formula is C14H14F3NO. The van der Waals surface area contributed by atoms with Gasteiger partial charge in [-0.3, -0.25) is 4.79 Å². The van der Waals surface area contributed by atoms with Crippen molar-refractivity contribution in [2.24, 2.45) is 7.05 Å². The molecule has 0 saturated heterocycles. The maximum atomic E-state index is 12.1. The van der Waals surface area contributed by atoms with Gasteiger partial charge in [-0.2, -0.15) is 13.2 Å². The first kappa shape index (κ1) is 13.6. The summed E-state index contributed by atoms with van der Waals surface area (Å²) in [5, 5.41) is 0.709. The number of rotatable bonds is 3. The second-order valence-corrected chi connectivity index (χ2v) is 4.71. The van der Waals surface area contributed by atoms with Crippen LogP contribution in [-0.2, 0) is 7.05 Å². The van der Waals surface area contributed by atoms with Crippen LogP contribution in [0.5, 0.6) is 0 Å². The van der Waals surface area contributed by atoms with Crippen LogP contribution in [0.4, 0.5) is 13.2 Å². The summed E-state index contributed by atoms with van der Waals surface area (Å²) >= 11 is 0. The van der Waals surface area contributed by atoms with Crippen LogP contribution in [-0.4, -0.2) is 16.5 Å². The zero-order valence-electron chi connectivity index (χ0n) is 10.7. The van der Waals surface area contributed by atoms with E-state index in [-0.39, 0.29) is 0 Å². The normalized spacial score (nSPS) is 12.1. The molecule has 2 nitrogen and oxygen atoms in total. The highest BCUT2D eigenvalue weighted by molar-refractivity contribution is 6.08. The monoisotopic (exact) mass is 269 g/mol. The molecule has 0 aliphatic heterocycles. The number of benzene rings is 1. The number of halogens is 3. The summed E-state index contributed by atoms with van der Waals surface area (Å²) in [7, 11) is 1.78. The van der Waals surface area contributed by atoms with E-state index >= 15 is 0 Å². The molecule has 0 aliphatic carbocycles. The second-order valence-electron chi connectivity index (χ2n) is 4.71. The SMILES string of the molecule is Cc1ccc2c(C(=O)CCC(F)(F)F)cn(C)c2c1. The Labute approximate surface area is 108 Å². The molecule has 1 aromatic heterocycles. The van der Waals surface area contributed by atoms with E-state index in [4.69, 9.17) is 0 Å². The molecule has 5 heteroatoms. The Morgan fingerprint density at radius 1 is 1.32 bits per heavy atom. The number of Topliss-reactive ketones (excluding diaryl/α,β-unsaturated/α-hetero) is 1. The number of hydrogen-bond donors (Lipinski definition) is 0. The van der Waals surface area contributed by atoms with E-state index in [2.05, 4.69) is 0 Å². The maximum Gasteiger partial charge on any atom is 0.389 e. The molecule has 0 amide bonds. The van der Waals surface area contributed by atoms with Crippen LogP contribution in [0.2, 0.25) is 0 Å². The maximum absolute atomic E-state index is 12.1. The van der Waals surface area contributed by atoms with E-state index < -0.39 is 24.8 Å². The van der Waals surface area contributed by atoms with Crippen LogP contribution in [0, 0.1) is 6.92 Å². The minimum Gasteiger partial charge on any atom is -0.350 e. The van der Waals surface area contributed by atoms with Gasteiger partial charge in [-0.1, -0.05) is 12.1 Å². The van der Waals surface area contributed by atoms with Crippen molar-refractivity contribution in [2.75, 3.05) is 0 Å².